The molecule has 7 nitrogen and oxygen atoms in total. The van der Waals surface area contributed by atoms with Crippen LogP contribution >= 0.6 is 11.3 Å². The Morgan fingerprint density at radius 2 is 2.06 bits per heavy atom. The van der Waals surface area contributed by atoms with Gasteiger partial charge in [0.15, 0.2) is 5.13 Å². The second kappa shape index (κ2) is 10.8. The van der Waals surface area contributed by atoms with E-state index in [4.69, 9.17) is 9.72 Å². The van der Waals surface area contributed by atoms with Gasteiger partial charge in [0.1, 0.15) is 0 Å². The molecule has 1 aromatic heterocycles. The lowest BCUT2D eigenvalue weighted by Gasteiger charge is -2.53. The molecule has 1 saturated heterocycles. The number of anilines is 2. The second-order valence-corrected chi connectivity index (χ2v) is 12.3. The highest BCUT2D eigenvalue weighted by Gasteiger charge is 2.53. The Balaban J connectivity index is 1.24. The molecule has 2 heterocycles. The van der Waals surface area contributed by atoms with Gasteiger partial charge in [-0.15, -0.1) is 11.3 Å². The van der Waals surface area contributed by atoms with Crippen molar-refractivity contribution < 1.29 is 14.6 Å². The predicted octanol–water partition coefficient (Wildman–Crippen LogP) is 4.02. The van der Waals surface area contributed by atoms with Crippen LogP contribution in [0.3, 0.4) is 0 Å². The van der Waals surface area contributed by atoms with Crippen LogP contribution in [0.2, 0.25) is 0 Å². The monoisotopic (exact) mass is 512 g/mol. The number of hydrogen-bond donors (Lipinski definition) is 3. The molecule has 0 unspecified atom stereocenters. The highest BCUT2D eigenvalue weighted by molar-refractivity contribution is 7.15. The van der Waals surface area contributed by atoms with Crippen molar-refractivity contribution in [1.82, 2.24) is 15.2 Å². The summed E-state index contributed by atoms with van der Waals surface area (Å²) in [5.41, 5.74) is 2.17. The summed E-state index contributed by atoms with van der Waals surface area (Å²) in [6.07, 6.45) is 2.32. The Kier molecular flexibility index (Phi) is 7.67. The van der Waals surface area contributed by atoms with Gasteiger partial charge in [-0.05, 0) is 48.6 Å². The van der Waals surface area contributed by atoms with E-state index >= 15 is 0 Å². The van der Waals surface area contributed by atoms with Crippen LogP contribution in [0.5, 0.6) is 0 Å². The van der Waals surface area contributed by atoms with E-state index in [0.29, 0.717) is 6.54 Å². The molecule has 1 amide bonds. The third-order valence-electron chi connectivity index (χ3n) is 8.83. The number of morpholine rings is 1. The quantitative estimate of drug-likeness (QED) is 0.520. The van der Waals surface area contributed by atoms with Crippen LogP contribution in [0.25, 0.3) is 0 Å². The van der Waals surface area contributed by atoms with Gasteiger partial charge in [0.2, 0.25) is 5.91 Å². The van der Waals surface area contributed by atoms with Crippen molar-refractivity contribution in [1.29, 1.82) is 0 Å². The number of thiazole rings is 1. The molecule has 0 spiro atoms. The number of nitrogens with one attached hydrogen (secondary N) is 2. The maximum atomic E-state index is 13.0. The number of benzene rings is 1. The Labute approximate surface area is 218 Å². The summed E-state index contributed by atoms with van der Waals surface area (Å²) in [5, 5.41) is 19.2. The van der Waals surface area contributed by atoms with E-state index in [9.17, 15) is 9.90 Å². The minimum Gasteiger partial charge on any atom is -0.392 e. The lowest BCUT2D eigenvalue weighted by molar-refractivity contribution is -0.134. The third kappa shape index (κ3) is 5.19. The first-order valence-corrected chi connectivity index (χ1v) is 14.2. The Morgan fingerprint density at radius 1 is 1.31 bits per heavy atom. The maximum absolute atomic E-state index is 13.0. The Hall–Kier alpha value is -2.00. The first-order valence-electron chi connectivity index (χ1n) is 13.4. The lowest BCUT2D eigenvalue weighted by atomic mass is 9.53. The average Bonchev–Trinajstić information content (AvgIpc) is 3.26. The number of ether oxygens (including phenoxy) is 1. The Bertz CT molecular complexity index is 1040. The van der Waals surface area contributed by atoms with Crippen LogP contribution < -0.4 is 10.6 Å². The first kappa shape index (κ1) is 25.6. The fraction of sp³-hybridized carbons (Fsp3) is 0.643. The van der Waals surface area contributed by atoms with Gasteiger partial charge in [0.05, 0.1) is 25.0 Å². The number of para-hydroxylation sites is 1. The van der Waals surface area contributed by atoms with Crippen LogP contribution in [-0.4, -0.2) is 66.4 Å². The number of aliphatic hydroxyl groups is 1. The third-order valence-corrected chi connectivity index (χ3v) is 9.82. The van der Waals surface area contributed by atoms with Crippen LogP contribution in [0.15, 0.2) is 30.3 Å². The molecule has 6 atom stereocenters. The minimum atomic E-state index is -0.515. The number of carbonyl (C=O) groups excluding carboxylic acids is 1. The fourth-order valence-corrected chi connectivity index (χ4v) is 8.05. The second-order valence-electron chi connectivity index (χ2n) is 11.2. The van der Waals surface area contributed by atoms with Gasteiger partial charge >= 0.3 is 0 Å². The van der Waals surface area contributed by atoms with Gasteiger partial charge in [-0.1, -0.05) is 39.0 Å². The summed E-state index contributed by atoms with van der Waals surface area (Å²) in [6.45, 7) is 11.4. The van der Waals surface area contributed by atoms with E-state index < -0.39 is 6.10 Å². The largest absolute Gasteiger partial charge is 0.392 e. The molecule has 8 heteroatoms. The van der Waals surface area contributed by atoms with Crippen molar-refractivity contribution in [3.63, 3.8) is 0 Å². The molecule has 2 aliphatic carbocycles. The number of nitrogens with zero attached hydrogens (tertiary/aromatic N) is 2. The summed E-state index contributed by atoms with van der Waals surface area (Å²) in [5.74, 6) is 0.0578. The number of hydrogen-bond acceptors (Lipinski definition) is 7. The molecular weight excluding hydrogens is 472 g/mol. The zero-order valence-corrected chi connectivity index (χ0v) is 22.5. The van der Waals surface area contributed by atoms with E-state index in [1.54, 1.807) is 11.3 Å². The van der Waals surface area contributed by atoms with Crippen LogP contribution in [-0.2, 0) is 16.0 Å². The first-order chi connectivity index (χ1) is 17.4. The van der Waals surface area contributed by atoms with Gasteiger partial charge in [-0.25, -0.2) is 4.98 Å². The highest BCUT2D eigenvalue weighted by Crippen LogP contribution is 2.57. The molecule has 1 saturated carbocycles. The number of rotatable bonds is 7. The number of aromatic nitrogens is 1. The van der Waals surface area contributed by atoms with Crippen molar-refractivity contribution in [2.75, 3.05) is 44.7 Å². The standard InChI is InChI=1S/C28H40N4O3S/c1-18(26(34)29-11-12-32-13-15-35-16-14-32)21-9-10-28(3)17-22-24(19(2)23(28)25(21)33)31-27(36-22)30-20-7-5-4-6-8-20/h4-8,18-19,21,23,25,33H,9-17H2,1-3H3,(H,29,34)(H,30,31)/t18-,19-,21-,23+,25-,28-/m0/s1. The van der Waals surface area contributed by atoms with Crippen LogP contribution in [0, 0.1) is 23.2 Å². The maximum Gasteiger partial charge on any atom is 0.223 e. The van der Waals surface area contributed by atoms with E-state index in [-0.39, 0.29) is 35.0 Å². The Morgan fingerprint density at radius 3 is 2.81 bits per heavy atom. The summed E-state index contributed by atoms with van der Waals surface area (Å²) >= 11 is 1.74. The molecule has 0 radical (unpaired) electrons. The fourth-order valence-electron chi connectivity index (χ4n) is 6.76. The van der Waals surface area contributed by atoms with Crippen molar-refractivity contribution >= 4 is 28.1 Å². The zero-order valence-electron chi connectivity index (χ0n) is 21.7. The van der Waals surface area contributed by atoms with Crippen molar-refractivity contribution in [3.8, 4) is 0 Å². The number of fused-ring (bicyclic) bond motifs is 2. The zero-order chi connectivity index (χ0) is 25.3. The smallest absolute Gasteiger partial charge is 0.223 e. The van der Waals surface area contributed by atoms with Crippen molar-refractivity contribution in [2.45, 2.75) is 52.1 Å². The number of carbonyl (C=O) groups is 1. The van der Waals surface area contributed by atoms with Crippen molar-refractivity contribution in [2.24, 2.45) is 23.2 Å². The van der Waals surface area contributed by atoms with E-state index in [2.05, 4.69) is 29.4 Å². The van der Waals surface area contributed by atoms with Gasteiger partial charge in [-0.2, -0.15) is 0 Å². The molecule has 3 aliphatic rings. The minimum absolute atomic E-state index is 0.0193. The van der Waals surface area contributed by atoms with Gasteiger partial charge in [0.25, 0.3) is 0 Å². The SMILES string of the molecule is C[C@H](C(=O)NCCN1CCOCC1)[C@@H]1CC[C@@]2(C)Cc3sc(Nc4ccccc4)nc3[C@@H](C)[C@@H]2[C@H]1O. The van der Waals surface area contributed by atoms with Gasteiger partial charge < -0.3 is 20.5 Å². The number of aliphatic hydroxyl groups excluding tert-OH is 1. The predicted molar refractivity (Wildman–Crippen MR) is 144 cm³/mol. The normalized spacial score (nSPS) is 31.2. The topological polar surface area (TPSA) is 86.7 Å². The molecule has 2 fully saturated rings. The van der Waals surface area contributed by atoms with Gasteiger partial charge in [0, 0.05) is 48.6 Å². The number of amides is 1. The molecule has 1 aliphatic heterocycles. The molecule has 0 bridgehead atoms. The highest BCUT2D eigenvalue weighted by atomic mass is 32.1. The van der Waals surface area contributed by atoms with Crippen LogP contribution in [0.1, 0.15) is 50.1 Å². The molecule has 3 N–H and O–H groups in total. The molecule has 196 valence electrons. The molecular formula is C28H40N4O3S. The summed E-state index contributed by atoms with van der Waals surface area (Å²) < 4.78 is 5.40. The lowest BCUT2D eigenvalue weighted by Crippen LogP contribution is -2.53. The molecule has 1 aromatic carbocycles. The average molecular weight is 513 g/mol. The summed E-state index contributed by atoms with van der Waals surface area (Å²) in [6, 6.07) is 10.1. The molecule has 5 rings (SSSR count). The summed E-state index contributed by atoms with van der Waals surface area (Å²) in [7, 11) is 0. The van der Waals surface area contributed by atoms with Gasteiger partial charge in [-0.3, -0.25) is 9.69 Å². The summed E-state index contributed by atoms with van der Waals surface area (Å²) in [4.78, 5) is 21.7. The molecule has 2 aromatic rings. The molecule has 36 heavy (non-hydrogen) atoms. The van der Waals surface area contributed by atoms with Crippen molar-refractivity contribution in [3.05, 3.63) is 40.9 Å². The van der Waals surface area contributed by atoms with Crippen LogP contribution in [0.4, 0.5) is 10.8 Å². The van der Waals surface area contributed by atoms with E-state index in [1.807, 2.05) is 37.3 Å². The van der Waals surface area contributed by atoms with E-state index in [0.717, 1.165) is 68.6 Å². The van der Waals surface area contributed by atoms with E-state index in [1.165, 1.54) is 4.88 Å².